The van der Waals surface area contributed by atoms with E-state index in [0.29, 0.717) is 11.4 Å². The topological polar surface area (TPSA) is 131 Å². The maximum atomic E-state index is 13.2. The number of nitriles is 1. The maximum Gasteiger partial charge on any atom is 0.269 e. The quantitative estimate of drug-likeness (QED) is 0.451. The number of ether oxygens (including phenoxy) is 1. The number of hydrogen-bond acceptors (Lipinski definition) is 7. The third-order valence-corrected chi connectivity index (χ3v) is 6.96. The zero-order valence-electron chi connectivity index (χ0n) is 17.7. The molecule has 0 aliphatic carbocycles. The Kier molecular flexibility index (Phi) is 5.98. The fourth-order valence-electron chi connectivity index (χ4n) is 3.47. The SMILES string of the molecule is Cc1ccc(Oc2nc3ccccn3c(=O)c2/C=C(\C#N)C(=O)N[C@H]2CCS(=O)(=O)C2)cc1. The van der Waals surface area contributed by atoms with Gasteiger partial charge in [-0.2, -0.15) is 10.2 Å². The van der Waals surface area contributed by atoms with Gasteiger partial charge in [-0.3, -0.25) is 14.0 Å². The first-order valence-corrected chi connectivity index (χ1v) is 12.0. The second-order valence-corrected chi connectivity index (χ2v) is 9.95. The number of aryl methyl sites for hydroxylation is 1. The molecule has 1 fully saturated rings. The van der Waals surface area contributed by atoms with Crippen LogP contribution >= 0.6 is 0 Å². The Labute approximate surface area is 189 Å². The Morgan fingerprint density at radius 2 is 2.03 bits per heavy atom. The molecule has 1 amide bonds. The minimum Gasteiger partial charge on any atom is -0.438 e. The van der Waals surface area contributed by atoms with Crippen molar-refractivity contribution in [2.45, 2.75) is 19.4 Å². The average molecular weight is 465 g/mol. The number of fused-ring (bicyclic) bond motifs is 1. The number of sulfone groups is 1. The van der Waals surface area contributed by atoms with Gasteiger partial charge in [-0.25, -0.2) is 8.42 Å². The van der Waals surface area contributed by atoms with Crippen LogP contribution in [0.3, 0.4) is 0 Å². The van der Waals surface area contributed by atoms with E-state index < -0.39 is 27.3 Å². The van der Waals surface area contributed by atoms with Crippen LogP contribution in [0.1, 0.15) is 17.5 Å². The lowest BCUT2D eigenvalue weighted by Crippen LogP contribution is -2.36. The van der Waals surface area contributed by atoms with E-state index >= 15 is 0 Å². The molecule has 1 N–H and O–H groups in total. The van der Waals surface area contributed by atoms with Gasteiger partial charge in [-0.05, 0) is 43.7 Å². The predicted octanol–water partition coefficient (Wildman–Crippen LogP) is 2.01. The Bertz CT molecular complexity index is 1470. The van der Waals surface area contributed by atoms with Crippen LogP contribution in [-0.4, -0.2) is 41.3 Å². The fourth-order valence-corrected chi connectivity index (χ4v) is 5.14. The highest BCUT2D eigenvalue weighted by atomic mass is 32.2. The highest BCUT2D eigenvalue weighted by molar-refractivity contribution is 7.91. The summed E-state index contributed by atoms with van der Waals surface area (Å²) in [6.07, 6.45) is 2.92. The van der Waals surface area contributed by atoms with Crippen LogP contribution in [0.4, 0.5) is 0 Å². The molecule has 33 heavy (non-hydrogen) atoms. The summed E-state index contributed by atoms with van der Waals surface area (Å²) in [5, 5.41) is 12.1. The highest BCUT2D eigenvalue weighted by Gasteiger charge is 2.29. The van der Waals surface area contributed by atoms with Gasteiger partial charge in [-0.1, -0.05) is 23.8 Å². The number of pyridine rings is 1. The molecule has 0 bridgehead atoms. The minimum absolute atomic E-state index is 0.0198. The molecule has 1 aromatic carbocycles. The van der Waals surface area contributed by atoms with E-state index in [1.54, 1.807) is 36.4 Å². The second kappa shape index (κ2) is 8.88. The number of hydrogen-bond donors (Lipinski definition) is 1. The number of carbonyl (C=O) groups excluding carboxylic acids is 1. The summed E-state index contributed by atoms with van der Waals surface area (Å²) in [6, 6.07) is 13.3. The summed E-state index contributed by atoms with van der Waals surface area (Å²) in [4.78, 5) is 30.2. The number of nitrogens with one attached hydrogen (secondary N) is 1. The lowest BCUT2D eigenvalue weighted by Gasteiger charge is -2.12. The number of benzene rings is 1. The number of aromatic nitrogens is 2. The van der Waals surface area contributed by atoms with Gasteiger partial charge in [0, 0.05) is 12.2 Å². The van der Waals surface area contributed by atoms with Crippen molar-refractivity contribution >= 4 is 27.5 Å². The molecule has 0 radical (unpaired) electrons. The summed E-state index contributed by atoms with van der Waals surface area (Å²) in [7, 11) is -3.21. The number of carbonyl (C=O) groups is 1. The zero-order chi connectivity index (χ0) is 23.6. The van der Waals surface area contributed by atoms with Crippen molar-refractivity contribution in [3.63, 3.8) is 0 Å². The van der Waals surface area contributed by atoms with Crippen molar-refractivity contribution in [3.8, 4) is 17.7 Å². The first kappa shape index (κ1) is 22.2. The highest BCUT2D eigenvalue weighted by Crippen LogP contribution is 2.24. The van der Waals surface area contributed by atoms with Gasteiger partial charge in [0.05, 0.1) is 11.5 Å². The summed E-state index contributed by atoms with van der Waals surface area (Å²) in [6.45, 7) is 1.92. The normalized spacial score (nSPS) is 17.5. The first-order valence-electron chi connectivity index (χ1n) is 10.1. The van der Waals surface area contributed by atoms with E-state index in [4.69, 9.17) is 4.74 Å². The van der Waals surface area contributed by atoms with E-state index in [0.717, 1.165) is 11.6 Å². The molecule has 1 atom stereocenters. The molecule has 1 aliphatic rings. The Hall–Kier alpha value is -3.97. The lowest BCUT2D eigenvalue weighted by atomic mass is 10.1. The summed E-state index contributed by atoms with van der Waals surface area (Å²) in [5.74, 6) is -0.591. The van der Waals surface area contributed by atoms with Gasteiger partial charge >= 0.3 is 0 Å². The van der Waals surface area contributed by atoms with Crippen molar-refractivity contribution in [2.24, 2.45) is 0 Å². The zero-order valence-corrected chi connectivity index (χ0v) is 18.5. The van der Waals surface area contributed by atoms with Crippen molar-refractivity contribution < 1.29 is 17.9 Å². The number of nitrogens with zero attached hydrogens (tertiary/aromatic N) is 3. The van der Waals surface area contributed by atoms with Crippen molar-refractivity contribution in [2.75, 3.05) is 11.5 Å². The van der Waals surface area contributed by atoms with Crippen LogP contribution in [0.15, 0.2) is 59.0 Å². The Morgan fingerprint density at radius 1 is 1.27 bits per heavy atom. The van der Waals surface area contributed by atoms with Gasteiger partial charge in [0.1, 0.15) is 28.6 Å². The molecule has 2 aromatic heterocycles. The lowest BCUT2D eigenvalue weighted by molar-refractivity contribution is -0.117. The van der Waals surface area contributed by atoms with Gasteiger partial charge in [-0.15, -0.1) is 0 Å². The van der Waals surface area contributed by atoms with Crippen molar-refractivity contribution in [3.05, 3.63) is 75.7 Å². The van der Waals surface area contributed by atoms with E-state index in [1.807, 2.05) is 19.1 Å². The third-order valence-electron chi connectivity index (χ3n) is 5.19. The molecule has 0 unspecified atom stereocenters. The van der Waals surface area contributed by atoms with E-state index in [2.05, 4.69) is 10.3 Å². The molecule has 0 spiro atoms. The van der Waals surface area contributed by atoms with E-state index in [-0.39, 0.29) is 34.9 Å². The van der Waals surface area contributed by atoms with Gasteiger partial charge in [0.25, 0.3) is 11.5 Å². The number of amides is 1. The Morgan fingerprint density at radius 3 is 2.70 bits per heavy atom. The van der Waals surface area contributed by atoms with Crippen LogP contribution in [0, 0.1) is 18.3 Å². The largest absolute Gasteiger partial charge is 0.438 e. The van der Waals surface area contributed by atoms with Crippen LogP contribution < -0.4 is 15.6 Å². The molecule has 3 aromatic rings. The number of rotatable bonds is 5. The Balaban J connectivity index is 1.75. The average Bonchev–Trinajstić information content (AvgIpc) is 3.13. The molecule has 4 rings (SSSR count). The van der Waals surface area contributed by atoms with Gasteiger partial charge < -0.3 is 10.1 Å². The van der Waals surface area contributed by atoms with Crippen molar-refractivity contribution in [1.29, 1.82) is 5.26 Å². The minimum atomic E-state index is -3.21. The van der Waals surface area contributed by atoms with Gasteiger partial charge in [0.2, 0.25) is 5.88 Å². The molecule has 168 valence electrons. The fraction of sp³-hybridized carbons (Fsp3) is 0.217. The van der Waals surface area contributed by atoms with Gasteiger partial charge in [0.15, 0.2) is 9.84 Å². The smallest absolute Gasteiger partial charge is 0.269 e. The predicted molar refractivity (Wildman–Crippen MR) is 122 cm³/mol. The monoisotopic (exact) mass is 464 g/mol. The summed E-state index contributed by atoms with van der Waals surface area (Å²) in [5.41, 5.74) is 0.395. The second-order valence-electron chi connectivity index (χ2n) is 7.72. The standard InChI is InChI=1S/C23H20N4O5S/c1-15-5-7-18(8-6-15)32-22-19(23(29)27-10-3-2-4-20(27)26-22)12-16(13-24)21(28)25-17-9-11-33(30,31)14-17/h2-8,10,12,17H,9,11,14H2,1H3,(H,25,28)/b16-12+/t17-/m0/s1. The van der Waals surface area contributed by atoms with Crippen LogP contribution in [0.25, 0.3) is 11.7 Å². The summed E-state index contributed by atoms with van der Waals surface area (Å²) >= 11 is 0. The molecule has 10 heteroatoms. The summed E-state index contributed by atoms with van der Waals surface area (Å²) < 4.78 is 30.5. The molecule has 0 saturated carbocycles. The van der Waals surface area contributed by atoms with Crippen LogP contribution in [0.2, 0.25) is 0 Å². The molecule has 1 saturated heterocycles. The van der Waals surface area contributed by atoms with E-state index in [1.165, 1.54) is 10.6 Å². The van der Waals surface area contributed by atoms with Crippen molar-refractivity contribution in [1.82, 2.24) is 14.7 Å². The first-order chi connectivity index (χ1) is 15.8. The van der Waals surface area contributed by atoms with Crippen LogP contribution in [-0.2, 0) is 14.6 Å². The van der Waals surface area contributed by atoms with Crippen LogP contribution in [0.5, 0.6) is 11.6 Å². The third kappa shape index (κ3) is 4.94. The molecule has 3 heterocycles. The molecule has 1 aliphatic heterocycles. The molecule has 9 nitrogen and oxygen atoms in total. The molecular weight excluding hydrogens is 444 g/mol. The van der Waals surface area contributed by atoms with E-state index in [9.17, 15) is 23.3 Å². The maximum absolute atomic E-state index is 13.2. The molecular formula is C23H20N4O5S.